The predicted molar refractivity (Wildman–Crippen MR) is 43.7 cm³/mol. The fourth-order valence-corrected chi connectivity index (χ4v) is 1.13. The van der Waals surface area contributed by atoms with Crippen LogP contribution < -0.4 is 5.56 Å². The van der Waals surface area contributed by atoms with E-state index in [9.17, 15) is 23.7 Å². The van der Waals surface area contributed by atoms with Crippen molar-refractivity contribution in [3.8, 4) is 0 Å². The highest BCUT2D eigenvalue weighted by Gasteiger charge is 2.25. The Kier molecular flexibility index (Phi) is 2.80. The van der Waals surface area contributed by atoms with E-state index in [0.29, 0.717) is 6.20 Å². The third-order valence-electron chi connectivity index (χ3n) is 1.45. The molecule has 0 unspecified atom stereocenters. The molecule has 1 N–H and O–H groups in total. The molecular formula is C6H3ClF2N2O3. The van der Waals surface area contributed by atoms with Gasteiger partial charge in [0, 0.05) is 6.20 Å². The molecule has 14 heavy (non-hydrogen) atoms. The fraction of sp³-hybridized carbons (Fsp3) is 0.167. The number of aromatic amines is 1. The molecule has 0 aliphatic rings. The number of alkyl halides is 2. The van der Waals surface area contributed by atoms with Crippen LogP contribution in [-0.2, 0) is 0 Å². The molecule has 5 nitrogen and oxygen atoms in total. The van der Waals surface area contributed by atoms with Crippen molar-refractivity contribution in [1.29, 1.82) is 0 Å². The molecule has 8 heteroatoms. The van der Waals surface area contributed by atoms with E-state index in [4.69, 9.17) is 11.6 Å². The molecule has 0 aromatic carbocycles. The first kappa shape index (κ1) is 10.6. The molecule has 0 aliphatic carbocycles. The number of H-pyrrole nitrogens is 1. The summed E-state index contributed by atoms with van der Waals surface area (Å²) in [5.41, 5.74) is -2.94. The van der Waals surface area contributed by atoms with Gasteiger partial charge in [0.25, 0.3) is 6.43 Å². The van der Waals surface area contributed by atoms with E-state index in [1.807, 2.05) is 4.98 Å². The van der Waals surface area contributed by atoms with Gasteiger partial charge in [-0.3, -0.25) is 14.9 Å². The first-order valence-electron chi connectivity index (χ1n) is 3.28. The minimum absolute atomic E-state index is 0.655. The van der Waals surface area contributed by atoms with E-state index >= 15 is 0 Å². The Morgan fingerprint density at radius 3 is 2.57 bits per heavy atom. The quantitative estimate of drug-likeness (QED) is 0.615. The van der Waals surface area contributed by atoms with Gasteiger partial charge in [0.15, 0.2) is 0 Å². The molecule has 0 fully saturated rings. The summed E-state index contributed by atoms with van der Waals surface area (Å²) >= 11 is 5.26. The zero-order valence-corrected chi connectivity index (χ0v) is 7.22. The standard InChI is InChI=1S/C6H3ClF2N2O3/c7-3-2(5(8)9)1-10-6(12)4(3)11(13)14/h1,5H,(H,10,12). The van der Waals surface area contributed by atoms with Crippen molar-refractivity contribution in [2.75, 3.05) is 0 Å². The minimum atomic E-state index is -2.97. The van der Waals surface area contributed by atoms with Gasteiger partial charge in [-0.25, -0.2) is 8.78 Å². The van der Waals surface area contributed by atoms with Crippen molar-refractivity contribution in [3.05, 3.63) is 37.3 Å². The molecule has 1 aromatic rings. The topological polar surface area (TPSA) is 76.0 Å². The normalized spacial score (nSPS) is 10.6. The van der Waals surface area contributed by atoms with Crippen LogP contribution in [0.2, 0.25) is 5.02 Å². The molecule has 0 atom stereocenters. The van der Waals surface area contributed by atoms with Gasteiger partial charge in [0.1, 0.15) is 5.02 Å². The molecule has 0 aliphatic heterocycles. The monoisotopic (exact) mass is 224 g/mol. The van der Waals surface area contributed by atoms with Crippen LogP contribution in [0, 0.1) is 10.1 Å². The molecule has 76 valence electrons. The number of nitrogens with zero attached hydrogens (tertiary/aromatic N) is 1. The van der Waals surface area contributed by atoms with E-state index in [0.717, 1.165) is 0 Å². The second-order valence-corrected chi connectivity index (χ2v) is 2.67. The Bertz CT molecular complexity index is 432. The number of rotatable bonds is 2. The molecule has 0 amide bonds. The molecule has 1 rings (SSSR count). The highest BCUT2D eigenvalue weighted by molar-refractivity contribution is 6.33. The molecule has 0 radical (unpaired) electrons. The van der Waals surface area contributed by atoms with Crippen LogP contribution in [0.15, 0.2) is 11.0 Å². The molecule has 1 heterocycles. The summed E-state index contributed by atoms with van der Waals surface area (Å²) in [7, 11) is 0. The van der Waals surface area contributed by atoms with Crippen molar-refractivity contribution in [1.82, 2.24) is 4.98 Å². The summed E-state index contributed by atoms with van der Waals surface area (Å²) < 4.78 is 24.3. The third-order valence-corrected chi connectivity index (χ3v) is 1.85. The zero-order valence-electron chi connectivity index (χ0n) is 6.46. The van der Waals surface area contributed by atoms with Gasteiger partial charge in [0.05, 0.1) is 10.5 Å². The maximum atomic E-state index is 12.2. The maximum absolute atomic E-state index is 12.2. The lowest BCUT2D eigenvalue weighted by molar-refractivity contribution is -0.386. The predicted octanol–water partition coefficient (Wildman–Crippen LogP) is 1.87. The molecule has 0 spiro atoms. The van der Waals surface area contributed by atoms with E-state index in [-0.39, 0.29) is 0 Å². The van der Waals surface area contributed by atoms with Crippen LogP contribution in [0.1, 0.15) is 12.0 Å². The minimum Gasteiger partial charge on any atom is -0.323 e. The average Bonchev–Trinajstić information content (AvgIpc) is 2.02. The molecule has 0 saturated carbocycles. The third kappa shape index (κ3) is 1.72. The fourth-order valence-electron chi connectivity index (χ4n) is 0.833. The summed E-state index contributed by atoms with van der Waals surface area (Å²) in [5, 5.41) is 9.45. The Balaban J connectivity index is 3.49. The SMILES string of the molecule is O=c1[nH]cc(C(F)F)c(Cl)c1[N+](=O)[O-]. The molecule has 1 aromatic heterocycles. The van der Waals surface area contributed by atoms with Gasteiger partial charge in [-0.15, -0.1) is 0 Å². The lowest BCUT2D eigenvalue weighted by atomic mass is 10.2. The Labute approximate surface area is 80.5 Å². The molecule has 0 saturated heterocycles. The van der Waals surface area contributed by atoms with Gasteiger partial charge in [-0.2, -0.15) is 0 Å². The van der Waals surface area contributed by atoms with Gasteiger partial charge in [-0.05, 0) is 0 Å². The highest BCUT2D eigenvalue weighted by atomic mass is 35.5. The van der Waals surface area contributed by atoms with Crippen molar-refractivity contribution >= 4 is 17.3 Å². The average molecular weight is 225 g/mol. The van der Waals surface area contributed by atoms with Crippen LogP contribution in [0.5, 0.6) is 0 Å². The van der Waals surface area contributed by atoms with E-state index in [2.05, 4.69) is 0 Å². The Hall–Kier alpha value is -1.50. The number of pyridine rings is 1. The van der Waals surface area contributed by atoms with Crippen LogP contribution in [0.25, 0.3) is 0 Å². The molecule has 0 bridgehead atoms. The van der Waals surface area contributed by atoms with Crippen molar-refractivity contribution in [2.24, 2.45) is 0 Å². The van der Waals surface area contributed by atoms with Gasteiger partial charge >= 0.3 is 11.2 Å². The Morgan fingerprint density at radius 1 is 1.57 bits per heavy atom. The lowest BCUT2D eigenvalue weighted by Crippen LogP contribution is -2.13. The van der Waals surface area contributed by atoms with Crippen LogP contribution in [0.3, 0.4) is 0 Å². The number of hydrogen-bond donors (Lipinski definition) is 1. The van der Waals surface area contributed by atoms with E-state index < -0.39 is 33.2 Å². The first-order valence-corrected chi connectivity index (χ1v) is 3.66. The summed E-state index contributed by atoms with van der Waals surface area (Å²) in [6, 6.07) is 0. The number of nitrogens with one attached hydrogen (secondary N) is 1. The van der Waals surface area contributed by atoms with Crippen molar-refractivity contribution < 1.29 is 13.7 Å². The maximum Gasteiger partial charge on any atom is 0.352 e. The number of hydrogen-bond acceptors (Lipinski definition) is 3. The van der Waals surface area contributed by atoms with Crippen molar-refractivity contribution in [2.45, 2.75) is 6.43 Å². The van der Waals surface area contributed by atoms with Crippen LogP contribution in [0.4, 0.5) is 14.5 Å². The number of aromatic nitrogens is 1. The van der Waals surface area contributed by atoms with E-state index in [1.165, 1.54) is 0 Å². The highest BCUT2D eigenvalue weighted by Crippen LogP contribution is 2.30. The smallest absolute Gasteiger partial charge is 0.323 e. The second-order valence-electron chi connectivity index (χ2n) is 2.29. The summed E-state index contributed by atoms with van der Waals surface area (Å²) in [6.07, 6.45) is -2.32. The van der Waals surface area contributed by atoms with Gasteiger partial charge < -0.3 is 4.98 Å². The van der Waals surface area contributed by atoms with Gasteiger partial charge in [0.2, 0.25) is 0 Å². The van der Waals surface area contributed by atoms with Crippen molar-refractivity contribution in [3.63, 3.8) is 0 Å². The van der Waals surface area contributed by atoms with Crippen LogP contribution in [-0.4, -0.2) is 9.91 Å². The summed E-state index contributed by atoms with van der Waals surface area (Å²) in [4.78, 5) is 21.8. The van der Waals surface area contributed by atoms with E-state index in [1.54, 1.807) is 0 Å². The summed E-state index contributed by atoms with van der Waals surface area (Å²) in [5.74, 6) is 0. The zero-order chi connectivity index (χ0) is 10.9. The lowest BCUT2D eigenvalue weighted by Gasteiger charge is -2.01. The first-order chi connectivity index (χ1) is 6.45. The van der Waals surface area contributed by atoms with Gasteiger partial charge in [-0.1, -0.05) is 11.6 Å². The summed E-state index contributed by atoms with van der Waals surface area (Å²) in [6.45, 7) is 0. The molecular weight excluding hydrogens is 222 g/mol. The number of nitro groups is 1. The second kappa shape index (κ2) is 3.70. The van der Waals surface area contributed by atoms with Crippen LogP contribution >= 0.6 is 11.6 Å². The Morgan fingerprint density at radius 2 is 2.14 bits per heavy atom. The largest absolute Gasteiger partial charge is 0.352 e. The number of halogens is 3.